The Kier molecular flexibility index (Phi) is 3.32. The van der Waals surface area contributed by atoms with Crippen LogP contribution in [0.4, 0.5) is 0 Å². The third kappa shape index (κ3) is 2.97. The van der Waals surface area contributed by atoms with Crippen molar-refractivity contribution in [2.45, 2.75) is 25.4 Å². The molecule has 1 saturated heterocycles. The number of aromatic nitrogens is 1. The summed E-state index contributed by atoms with van der Waals surface area (Å²) in [6.45, 7) is 5.67. The first-order valence-corrected chi connectivity index (χ1v) is 6.77. The Morgan fingerprint density at radius 2 is 1.94 bits per heavy atom. The van der Waals surface area contributed by atoms with Gasteiger partial charge in [0.15, 0.2) is 0 Å². The molecule has 0 N–H and O–H groups in total. The predicted molar refractivity (Wildman–Crippen MR) is 69.1 cm³/mol. The van der Waals surface area contributed by atoms with Gasteiger partial charge in [-0.15, -0.1) is 0 Å². The van der Waals surface area contributed by atoms with Crippen LogP contribution < -0.4 is 0 Å². The molecule has 0 atom stereocenters. The van der Waals surface area contributed by atoms with Gasteiger partial charge in [-0.2, -0.15) is 0 Å². The summed E-state index contributed by atoms with van der Waals surface area (Å²) < 4.78 is 0. The van der Waals surface area contributed by atoms with E-state index in [1.165, 1.54) is 25.9 Å². The Morgan fingerprint density at radius 1 is 1.18 bits per heavy atom. The second-order valence-electron chi connectivity index (χ2n) is 4.99. The van der Waals surface area contributed by atoms with E-state index < -0.39 is 0 Å². The average molecular weight is 252 g/mol. The van der Waals surface area contributed by atoms with Crippen molar-refractivity contribution in [3.05, 3.63) is 29.0 Å². The van der Waals surface area contributed by atoms with Crippen LogP contribution in [-0.4, -0.2) is 47.0 Å². The first-order chi connectivity index (χ1) is 8.31. The molecule has 0 spiro atoms. The van der Waals surface area contributed by atoms with Crippen LogP contribution in [0.1, 0.15) is 18.5 Å². The first kappa shape index (κ1) is 11.5. The summed E-state index contributed by atoms with van der Waals surface area (Å²) in [6.07, 6.45) is 2.83. The van der Waals surface area contributed by atoms with Gasteiger partial charge in [-0.3, -0.25) is 9.80 Å². The number of halogens is 1. The summed E-state index contributed by atoms with van der Waals surface area (Å²) >= 11 is 5.90. The molecule has 1 aromatic heterocycles. The highest BCUT2D eigenvalue weighted by molar-refractivity contribution is 6.29. The molecule has 0 bridgehead atoms. The smallest absolute Gasteiger partial charge is 0.129 e. The standard InChI is InChI=1S/C13H18ClN3/c14-13-3-1-2-11(15-13)10-16-6-8-17(9-7-16)12-4-5-12/h1-3,12H,4-10H2. The highest BCUT2D eigenvalue weighted by Crippen LogP contribution is 2.27. The van der Waals surface area contributed by atoms with E-state index in [2.05, 4.69) is 20.9 Å². The maximum Gasteiger partial charge on any atom is 0.129 e. The van der Waals surface area contributed by atoms with Gasteiger partial charge in [0.25, 0.3) is 0 Å². The third-order valence-electron chi connectivity index (χ3n) is 3.63. The Labute approximate surface area is 107 Å². The summed E-state index contributed by atoms with van der Waals surface area (Å²) in [6, 6.07) is 6.77. The zero-order valence-corrected chi connectivity index (χ0v) is 10.7. The summed E-state index contributed by atoms with van der Waals surface area (Å²) in [5.41, 5.74) is 1.08. The SMILES string of the molecule is Clc1cccc(CN2CCN(C3CC3)CC2)n1. The van der Waals surface area contributed by atoms with Crippen molar-refractivity contribution in [1.82, 2.24) is 14.8 Å². The molecule has 0 amide bonds. The van der Waals surface area contributed by atoms with Crippen molar-refractivity contribution >= 4 is 11.6 Å². The Bertz CT molecular complexity index is 384. The van der Waals surface area contributed by atoms with Crippen LogP contribution in [-0.2, 0) is 6.54 Å². The number of rotatable bonds is 3. The summed E-state index contributed by atoms with van der Waals surface area (Å²) in [5.74, 6) is 0. The molecule has 3 rings (SSSR count). The molecule has 0 radical (unpaired) electrons. The van der Waals surface area contributed by atoms with Gasteiger partial charge >= 0.3 is 0 Å². The molecule has 2 fully saturated rings. The van der Waals surface area contributed by atoms with E-state index in [9.17, 15) is 0 Å². The van der Waals surface area contributed by atoms with Crippen LogP contribution >= 0.6 is 11.6 Å². The van der Waals surface area contributed by atoms with Crippen LogP contribution in [0.15, 0.2) is 18.2 Å². The third-order valence-corrected chi connectivity index (χ3v) is 3.84. The van der Waals surface area contributed by atoms with E-state index in [4.69, 9.17) is 11.6 Å². The van der Waals surface area contributed by atoms with Gasteiger partial charge in [0.1, 0.15) is 5.15 Å². The van der Waals surface area contributed by atoms with Crippen molar-refractivity contribution in [3.8, 4) is 0 Å². The van der Waals surface area contributed by atoms with Crippen molar-refractivity contribution in [2.24, 2.45) is 0 Å². The fourth-order valence-electron chi connectivity index (χ4n) is 2.49. The molecule has 92 valence electrons. The van der Waals surface area contributed by atoms with Crippen molar-refractivity contribution in [1.29, 1.82) is 0 Å². The van der Waals surface area contributed by atoms with E-state index >= 15 is 0 Å². The maximum atomic E-state index is 5.90. The van der Waals surface area contributed by atoms with Gasteiger partial charge in [0.2, 0.25) is 0 Å². The molecule has 2 heterocycles. The van der Waals surface area contributed by atoms with Crippen molar-refractivity contribution < 1.29 is 0 Å². The monoisotopic (exact) mass is 251 g/mol. The fourth-order valence-corrected chi connectivity index (χ4v) is 2.68. The molecule has 17 heavy (non-hydrogen) atoms. The van der Waals surface area contributed by atoms with Gasteiger partial charge in [-0.1, -0.05) is 17.7 Å². The molecule has 0 aromatic carbocycles. The van der Waals surface area contributed by atoms with E-state index in [1.54, 1.807) is 0 Å². The zero-order valence-electron chi connectivity index (χ0n) is 9.98. The summed E-state index contributed by atoms with van der Waals surface area (Å²) in [7, 11) is 0. The molecule has 1 aliphatic heterocycles. The Hall–Kier alpha value is -0.640. The molecule has 1 aromatic rings. The first-order valence-electron chi connectivity index (χ1n) is 6.39. The largest absolute Gasteiger partial charge is 0.298 e. The number of pyridine rings is 1. The van der Waals surface area contributed by atoms with Gasteiger partial charge in [0, 0.05) is 38.8 Å². The number of hydrogen-bond acceptors (Lipinski definition) is 3. The lowest BCUT2D eigenvalue weighted by atomic mass is 10.2. The van der Waals surface area contributed by atoms with Crippen molar-refractivity contribution in [3.63, 3.8) is 0 Å². The van der Waals surface area contributed by atoms with Gasteiger partial charge < -0.3 is 0 Å². The van der Waals surface area contributed by atoms with Crippen LogP contribution in [0.25, 0.3) is 0 Å². The minimum absolute atomic E-state index is 0.596. The summed E-state index contributed by atoms with van der Waals surface area (Å²) in [5, 5.41) is 0.596. The number of hydrogen-bond donors (Lipinski definition) is 0. The molecule has 1 saturated carbocycles. The molecule has 3 nitrogen and oxygen atoms in total. The van der Waals surface area contributed by atoms with Gasteiger partial charge in [0.05, 0.1) is 5.69 Å². The molecular weight excluding hydrogens is 234 g/mol. The lowest BCUT2D eigenvalue weighted by Crippen LogP contribution is -2.46. The topological polar surface area (TPSA) is 19.4 Å². The predicted octanol–water partition coefficient (Wildman–Crippen LogP) is 2.01. The average Bonchev–Trinajstić information content (AvgIpc) is 3.14. The normalized spacial score (nSPS) is 22.9. The van der Waals surface area contributed by atoms with Crippen LogP contribution in [0.3, 0.4) is 0 Å². The Morgan fingerprint density at radius 3 is 2.59 bits per heavy atom. The fraction of sp³-hybridized carbons (Fsp3) is 0.615. The molecular formula is C13H18ClN3. The molecule has 0 unspecified atom stereocenters. The minimum atomic E-state index is 0.596. The number of nitrogens with zero attached hydrogens (tertiary/aromatic N) is 3. The zero-order chi connectivity index (χ0) is 11.7. The lowest BCUT2D eigenvalue weighted by Gasteiger charge is -2.34. The van der Waals surface area contributed by atoms with Crippen LogP contribution in [0.5, 0.6) is 0 Å². The maximum absolute atomic E-state index is 5.90. The second-order valence-corrected chi connectivity index (χ2v) is 5.38. The minimum Gasteiger partial charge on any atom is -0.298 e. The Balaban J connectivity index is 1.53. The van der Waals surface area contributed by atoms with E-state index in [-0.39, 0.29) is 0 Å². The highest BCUT2D eigenvalue weighted by Gasteiger charge is 2.31. The highest BCUT2D eigenvalue weighted by atomic mass is 35.5. The van der Waals surface area contributed by atoms with Gasteiger partial charge in [-0.25, -0.2) is 4.98 Å². The van der Waals surface area contributed by atoms with E-state index in [1.807, 2.05) is 12.1 Å². The van der Waals surface area contributed by atoms with Crippen LogP contribution in [0, 0.1) is 0 Å². The second kappa shape index (κ2) is 4.92. The quantitative estimate of drug-likeness (QED) is 0.767. The molecule has 1 aliphatic carbocycles. The van der Waals surface area contributed by atoms with Gasteiger partial charge in [-0.05, 0) is 25.0 Å². The molecule has 4 heteroatoms. The molecule has 2 aliphatic rings. The van der Waals surface area contributed by atoms with Crippen molar-refractivity contribution in [2.75, 3.05) is 26.2 Å². The van der Waals surface area contributed by atoms with Crippen LogP contribution in [0.2, 0.25) is 5.15 Å². The lowest BCUT2D eigenvalue weighted by molar-refractivity contribution is 0.120. The summed E-state index contributed by atoms with van der Waals surface area (Å²) in [4.78, 5) is 9.44. The van der Waals surface area contributed by atoms with E-state index in [0.29, 0.717) is 5.15 Å². The van der Waals surface area contributed by atoms with E-state index in [0.717, 1.165) is 31.4 Å². The number of piperazine rings is 1.